The van der Waals surface area contributed by atoms with Gasteiger partial charge in [0.25, 0.3) is 5.97 Å². The number of aliphatic carboxylic acids is 1. The molecule has 0 fully saturated rings. The van der Waals surface area contributed by atoms with E-state index in [-0.39, 0.29) is 6.54 Å². The second-order valence-electron chi connectivity index (χ2n) is 5.52. The molecule has 0 heterocycles. The molecule has 0 atom stereocenters. The lowest BCUT2D eigenvalue weighted by atomic mass is 9.77. The predicted octanol–water partition coefficient (Wildman–Crippen LogP) is 4.44. The highest BCUT2D eigenvalue weighted by Gasteiger charge is 2.26. The van der Waals surface area contributed by atoms with E-state index >= 15 is 0 Å². The zero-order valence-corrected chi connectivity index (χ0v) is 13.2. The third kappa shape index (κ3) is 3.07. The smallest absolute Gasteiger partial charge is 0.282 e. The van der Waals surface area contributed by atoms with Crippen LogP contribution >= 0.6 is 0 Å². The van der Waals surface area contributed by atoms with Crippen molar-refractivity contribution in [3.05, 3.63) is 113 Å². The van der Waals surface area contributed by atoms with Crippen molar-refractivity contribution < 1.29 is 9.90 Å². The van der Waals surface area contributed by atoms with Crippen molar-refractivity contribution in [2.24, 2.45) is 0 Å². The van der Waals surface area contributed by atoms with Crippen LogP contribution in [0, 0.1) is 0 Å². The van der Waals surface area contributed by atoms with Gasteiger partial charge in [-0.25, -0.2) is 0 Å². The van der Waals surface area contributed by atoms with Gasteiger partial charge in [0.15, 0.2) is 0 Å². The van der Waals surface area contributed by atoms with E-state index in [1.54, 1.807) is 0 Å². The van der Waals surface area contributed by atoms with E-state index in [0.29, 0.717) is 0 Å². The van der Waals surface area contributed by atoms with E-state index in [4.69, 9.17) is 0 Å². The minimum atomic E-state index is -0.942. The lowest BCUT2D eigenvalue weighted by Gasteiger charge is -2.48. The highest BCUT2D eigenvalue weighted by molar-refractivity contribution is 5.73. The van der Waals surface area contributed by atoms with Crippen LogP contribution in [-0.4, -0.2) is 17.6 Å². The molecule has 0 saturated carbocycles. The maximum absolute atomic E-state index is 11.2. The molecule has 120 valence electrons. The molecule has 3 rings (SSSR count). The van der Waals surface area contributed by atoms with Gasteiger partial charge < -0.3 is 10.4 Å². The molecule has 0 aliphatic rings. The molecule has 0 aliphatic heterocycles. The van der Waals surface area contributed by atoms with Gasteiger partial charge >= 0.3 is 0 Å². The largest absolute Gasteiger partial charge is 0.636 e. The fourth-order valence-electron chi connectivity index (χ4n) is 3.00. The van der Waals surface area contributed by atoms with Gasteiger partial charge in [0.2, 0.25) is 0 Å². The van der Waals surface area contributed by atoms with Gasteiger partial charge in [-0.3, -0.25) is 4.79 Å². The molecule has 3 aromatic carbocycles. The molecular formula is C21H18NO2-. The maximum Gasteiger partial charge on any atom is 0.282 e. The Hall–Kier alpha value is -2.91. The first kappa shape index (κ1) is 16.0. The molecule has 0 radical (unpaired) electrons. The first-order valence-electron chi connectivity index (χ1n) is 7.80. The molecule has 0 spiro atoms. The highest BCUT2D eigenvalue weighted by atomic mass is 16.4. The highest BCUT2D eigenvalue weighted by Crippen LogP contribution is 2.43. The normalized spacial score (nSPS) is 11.2. The SMILES string of the molecule is O=C(O)C[N-]C(c1ccccc1)(c1ccccc1)c1ccccc1. The average molecular weight is 316 g/mol. The molecule has 0 amide bonds. The third-order valence-electron chi connectivity index (χ3n) is 4.03. The second kappa shape index (κ2) is 7.11. The monoisotopic (exact) mass is 316 g/mol. The second-order valence-corrected chi connectivity index (χ2v) is 5.52. The fourth-order valence-corrected chi connectivity index (χ4v) is 3.00. The van der Waals surface area contributed by atoms with Crippen molar-refractivity contribution in [1.29, 1.82) is 0 Å². The van der Waals surface area contributed by atoms with E-state index in [1.165, 1.54) is 0 Å². The zero-order valence-electron chi connectivity index (χ0n) is 13.2. The summed E-state index contributed by atoms with van der Waals surface area (Å²) in [6.45, 7) is -0.265. The Kier molecular flexibility index (Phi) is 4.73. The van der Waals surface area contributed by atoms with Crippen LogP contribution in [0.25, 0.3) is 5.32 Å². The van der Waals surface area contributed by atoms with Crippen molar-refractivity contribution in [3.63, 3.8) is 0 Å². The molecule has 0 aromatic heterocycles. The Balaban J connectivity index is 2.26. The van der Waals surface area contributed by atoms with E-state index < -0.39 is 11.5 Å². The number of carboxylic acids is 1. The van der Waals surface area contributed by atoms with Gasteiger partial charge in [0.05, 0.1) is 0 Å². The standard InChI is InChI=1S/C21H18NO2/c23-20(24)16-22-21(17-10-4-1-5-11-17,18-12-6-2-7-13-18)19-14-8-3-9-15-19/h1-15H,16H2,(H,23,24)/q-1. The van der Waals surface area contributed by atoms with Crippen LogP contribution in [0.5, 0.6) is 0 Å². The number of carbonyl (C=O) groups is 1. The third-order valence-corrected chi connectivity index (χ3v) is 4.03. The summed E-state index contributed by atoms with van der Waals surface area (Å²) in [4.78, 5) is 11.2. The molecule has 1 N–H and O–H groups in total. The van der Waals surface area contributed by atoms with Crippen molar-refractivity contribution in [3.8, 4) is 0 Å². The maximum atomic E-state index is 11.2. The molecule has 0 unspecified atom stereocenters. The Morgan fingerprint density at radius 3 is 1.33 bits per heavy atom. The average Bonchev–Trinajstić information content (AvgIpc) is 2.65. The Labute approximate surface area is 141 Å². The van der Waals surface area contributed by atoms with Crippen molar-refractivity contribution >= 4 is 5.97 Å². The summed E-state index contributed by atoms with van der Waals surface area (Å²) in [5.41, 5.74) is 2.00. The summed E-state index contributed by atoms with van der Waals surface area (Å²) >= 11 is 0. The van der Waals surface area contributed by atoms with E-state index in [1.807, 2.05) is 91.0 Å². The fraction of sp³-hybridized carbons (Fsp3) is 0.0952. The van der Waals surface area contributed by atoms with Gasteiger partial charge in [-0.15, -0.1) is 0 Å². The van der Waals surface area contributed by atoms with E-state index in [2.05, 4.69) is 5.32 Å². The quantitative estimate of drug-likeness (QED) is 0.684. The summed E-state index contributed by atoms with van der Waals surface area (Å²) in [5.74, 6) is -0.942. The summed E-state index contributed by atoms with van der Waals surface area (Å²) in [7, 11) is 0. The summed E-state index contributed by atoms with van der Waals surface area (Å²) in [6.07, 6.45) is 0. The van der Waals surface area contributed by atoms with Gasteiger partial charge in [-0.2, -0.15) is 0 Å². The van der Waals surface area contributed by atoms with Crippen LogP contribution in [0.15, 0.2) is 91.0 Å². The molecule has 3 heteroatoms. The zero-order chi connectivity index (χ0) is 16.8. The van der Waals surface area contributed by atoms with E-state index in [0.717, 1.165) is 16.7 Å². The van der Waals surface area contributed by atoms with Crippen molar-refractivity contribution in [2.45, 2.75) is 5.54 Å². The molecular weight excluding hydrogens is 298 g/mol. The molecule has 24 heavy (non-hydrogen) atoms. The first-order valence-corrected chi connectivity index (χ1v) is 7.80. The molecule has 3 nitrogen and oxygen atoms in total. The Bertz CT molecular complexity index is 689. The van der Waals surface area contributed by atoms with Crippen LogP contribution in [0.2, 0.25) is 0 Å². The molecule has 0 saturated heterocycles. The van der Waals surface area contributed by atoms with E-state index in [9.17, 15) is 9.90 Å². The number of carboxylic acid groups (broad SMARTS) is 1. The number of hydrogen-bond donors (Lipinski definition) is 1. The summed E-state index contributed by atoms with van der Waals surface area (Å²) < 4.78 is 0. The van der Waals surface area contributed by atoms with Gasteiger partial charge in [-0.05, 0) is 12.1 Å². The number of nitrogens with zero attached hydrogens (tertiary/aromatic N) is 1. The predicted molar refractivity (Wildman–Crippen MR) is 95.1 cm³/mol. The summed E-state index contributed by atoms with van der Waals surface area (Å²) in [6, 6.07) is 29.5. The number of rotatable bonds is 6. The molecule has 3 aromatic rings. The molecule has 0 aliphatic carbocycles. The topological polar surface area (TPSA) is 51.4 Å². The van der Waals surface area contributed by atoms with Crippen LogP contribution in [0.3, 0.4) is 0 Å². The van der Waals surface area contributed by atoms with Crippen LogP contribution in [0.1, 0.15) is 16.7 Å². The van der Waals surface area contributed by atoms with Crippen LogP contribution in [0.4, 0.5) is 0 Å². The van der Waals surface area contributed by atoms with Gasteiger partial charge in [0.1, 0.15) is 0 Å². The minimum absolute atomic E-state index is 0.265. The minimum Gasteiger partial charge on any atom is -0.636 e. The van der Waals surface area contributed by atoms with Crippen LogP contribution in [-0.2, 0) is 10.3 Å². The Morgan fingerprint density at radius 2 is 1.04 bits per heavy atom. The number of benzene rings is 3. The Morgan fingerprint density at radius 1 is 0.708 bits per heavy atom. The van der Waals surface area contributed by atoms with Gasteiger partial charge in [-0.1, -0.05) is 108 Å². The lowest BCUT2D eigenvalue weighted by Crippen LogP contribution is -2.30. The number of hydrogen-bond acceptors (Lipinski definition) is 1. The van der Waals surface area contributed by atoms with Crippen molar-refractivity contribution in [2.75, 3.05) is 6.54 Å². The van der Waals surface area contributed by atoms with Crippen molar-refractivity contribution in [1.82, 2.24) is 0 Å². The first-order chi connectivity index (χ1) is 11.7. The van der Waals surface area contributed by atoms with Crippen LogP contribution < -0.4 is 0 Å². The molecule has 0 bridgehead atoms. The summed E-state index contributed by atoms with van der Waals surface area (Å²) in [5, 5.41) is 13.9. The lowest BCUT2D eigenvalue weighted by molar-refractivity contribution is -0.134. The van der Waals surface area contributed by atoms with Gasteiger partial charge in [0, 0.05) is 0 Å².